The Balaban J connectivity index is 1.32. The number of rotatable bonds is 7. The fourth-order valence-electron chi connectivity index (χ4n) is 2.59. The monoisotopic (exact) mass is 380 g/mol. The van der Waals surface area contributed by atoms with Crippen LogP contribution in [0, 0.1) is 5.82 Å². The highest BCUT2D eigenvalue weighted by Crippen LogP contribution is 2.17. The maximum absolute atomic E-state index is 13.0. The number of aryl methyl sites for hydroxylation is 1. The van der Waals surface area contributed by atoms with Crippen LogP contribution in [0.4, 0.5) is 16.2 Å². The molecule has 0 saturated heterocycles. The summed E-state index contributed by atoms with van der Waals surface area (Å²) in [6, 6.07) is 9.52. The van der Waals surface area contributed by atoms with Gasteiger partial charge in [0.25, 0.3) is 0 Å². The van der Waals surface area contributed by atoms with Crippen LogP contribution in [0.25, 0.3) is 17.2 Å². The Bertz CT molecular complexity index is 1050. The van der Waals surface area contributed by atoms with E-state index in [1.54, 1.807) is 41.3 Å². The third-order valence-electron chi connectivity index (χ3n) is 3.91. The van der Waals surface area contributed by atoms with Crippen molar-refractivity contribution in [3.8, 4) is 17.2 Å². The predicted molar refractivity (Wildman–Crippen MR) is 100 cm³/mol. The normalized spacial score (nSPS) is 10.9. The molecule has 1 aromatic carbocycles. The second-order valence-electron chi connectivity index (χ2n) is 5.97. The molecular formula is C18H17FN8O. The molecule has 0 amide bonds. The first-order valence-corrected chi connectivity index (χ1v) is 8.64. The molecule has 0 unspecified atom stereocenters. The number of hydrogen-bond acceptors (Lipinski definition) is 8. The van der Waals surface area contributed by atoms with Crippen molar-refractivity contribution >= 4 is 11.8 Å². The van der Waals surface area contributed by atoms with Gasteiger partial charge in [-0.2, -0.15) is 20.1 Å². The topological polar surface area (TPSA) is 121 Å². The average Bonchev–Trinajstić information content (AvgIpc) is 3.38. The molecule has 0 aliphatic carbocycles. The molecule has 0 fully saturated rings. The summed E-state index contributed by atoms with van der Waals surface area (Å²) in [5, 5.41) is 11.3. The third kappa shape index (κ3) is 4.11. The number of halogens is 1. The largest absolute Gasteiger partial charge is 0.370 e. The van der Waals surface area contributed by atoms with Crippen molar-refractivity contribution in [1.29, 1.82) is 0 Å². The van der Waals surface area contributed by atoms with Gasteiger partial charge in [-0.15, -0.1) is 0 Å². The molecule has 0 atom stereocenters. The fourth-order valence-corrected chi connectivity index (χ4v) is 2.59. The molecule has 0 saturated carbocycles. The van der Waals surface area contributed by atoms with E-state index in [0.29, 0.717) is 41.9 Å². The number of hydrogen-bond donors (Lipinski definition) is 2. The minimum Gasteiger partial charge on any atom is -0.370 e. The summed E-state index contributed by atoms with van der Waals surface area (Å²) in [7, 11) is 0. The molecular weight excluding hydrogens is 363 g/mol. The maximum Gasteiger partial charge on any atom is 0.227 e. The molecule has 3 heterocycles. The molecule has 0 bridgehead atoms. The Kier molecular flexibility index (Phi) is 4.91. The zero-order chi connectivity index (χ0) is 19.3. The lowest BCUT2D eigenvalue weighted by molar-refractivity contribution is 0.377. The van der Waals surface area contributed by atoms with Gasteiger partial charge in [-0.1, -0.05) is 5.16 Å². The van der Waals surface area contributed by atoms with E-state index < -0.39 is 0 Å². The second-order valence-corrected chi connectivity index (χ2v) is 5.97. The van der Waals surface area contributed by atoms with Crippen molar-refractivity contribution in [3.63, 3.8) is 0 Å². The molecule has 3 N–H and O–H groups in total. The number of nitrogen functional groups attached to an aromatic ring is 1. The summed E-state index contributed by atoms with van der Waals surface area (Å²) in [5.41, 5.74) is 6.47. The zero-order valence-electron chi connectivity index (χ0n) is 14.8. The van der Waals surface area contributed by atoms with E-state index in [-0.39, 0.29) is 11.8 Å². The van der Waals surface area contributed by atoms with Gasteiger partial charge in [0.2, 0.25) is 17.7 Å². The van der Waals surface area contributed by atoms with E-state index >= 15 is 0 Å². The van der Waals surface area contributed by atoms with Crippen molar-refractivity contribution in [2.45, 2.75) is 12.8 Å². The quantitative estimate of drug-likeness (QED) is 0.469. The summed E-state index contributed by atoms with van der Waals surface area (Å²) < 4.78 is 19.8. The van der Waals surface area contributed by atoms with Crippen molar-refractivity contribution in [2.75, 3.05) is 17.6 Å². The minimum absolute atomic E-state index is 0.163. The first kappa shape index (κ1) is 17.6. The Labute approximate surface area is 159 Å². The molecule has 9 nitrogen and oxygen atoms in total. The van der Waals surface area contributed by atoms with E-state index in [1.807, 2.05) is 0 Å². The maximum atomic E-state index is 13.0. The standard InChI is InChI=1S/C18H17FN8O/c19-13-6-4-12(5-7-13)17-25-16(28-26-17)3-1-8-21-14-11-15(24-18(20)23-14)27-10-2-9-22-27/h2,4-7,9-11H,1,3,8H2,(H3,20,21,23,24). The van der Waals surface area contributed by atoms with E-state index in [0.717, 1.165) is 6.42 Å². The smallest absolute Gasteiger partial charge is 0.227 e. The van der Waals surface area contributed by atoms with Gasteiger partial charge in [0, 0.05) is 37.0 Å². The molecule has 0 aliphatic heterocycles. The summed E-state index contributed by atoms with van der Waals surface area (Å²) in [5.74, 6) is 2.00. The van der Waals surface area contributed by atoms with Crippen LogP contribution in [0.3, 0.4) is 0 Å². The lowest BCUT2D eigenvalue weighted by atomic mass is 10.2. The number of nitrogens with two attached hydrogens (primary N) is 1. The summed E-state index contributed by atoms with van der Waals surface area (Å²) in [4.78, 5) is 12.7. The molecule has 4 aromatic rings. The molecule has 3 aromatic heterocycles. The van der Waals surface area contributed by atoms with E-state index in [2.05, 4.69) is 30.5 Å². The third-order valence-corrected chi connectivity index (χ3v) is 3.91. The van der Waals surface area contributed by atoms with Crippen LogP contribution < -0.4 is 11.1 Å². The Morgan fingerprint density at radius 1 is 1.14 bits per heavy atom. The lowest BCUT2D eigenvalue weighted by Crippen LogP contribution is -2.09. The molecule has 4 rings (SSSR count). The fraction of sp³-hybridized carbons (Fsp3) is 0.167. The highest BCUT2D eigenvalue weighted by molar-refractivity contribution is 5.53. The van der Waals surface area contributed by atoms with E-state index in [1.165, 1.54) is 12.1 Å². The van der Waals surface area contributed by atoms with Crippen molar-refractivity contribution in [3.05, 3.63) is 60.5 Å². The highest BCUT2D eigenvalue weighted by atomic mass is 19.1. The predicted octanol–water partition coefficient (Wildman–Crippen LogP) is 2.48. The zero-order valence-corrected chi connectivity index (χ0v) is 14.8. The molecule has 142 valence electrons. The van der Waals surface area contributed by atoms with Gasteiger partial charge in [0.1, 0.15) is 11.6 Å². The minimum atomic E-state index is -0.306. The first-order chi connectivity index (χ1) is 13.7. The lowest BCUT2D eigenvalue weighted by Gasteiger charge is -2.07. The second kappa shape index (κ2) is 7.82. The number of nitrogens with zero attached hydrogens (tertiary/aromatic N) is 6. The van der Waals surface area contributed by atoms with Crippen LogP contribution in [0.15, 0.2) is 53.3 Å². The number of benzene rings is 1. The molecule has 0 radical (unpaired) electrons. The van der Waals surface area contributed by atoms with Crippen LogP contribution in [0.5, 0.6) is 0 Å². The van der Waals surface area contributed by atoms with Crippen LogP contribution in [-0.4, -0.2) is 36.4 Å². The van der Waals surface area contributed by atoms with Gasteiger partial charge >= 0.3 is 0 Å². The number of anilines is 2. The van der Waals surface area contributed by atoms with Crippen LogP contribution in [0.1, 0.15) is 12.3 Å². The van der Waals surface area contributed by atoms with Crippen molar-refractivity contribution in [1.82, 2.24) is 29.9 Å². The summed E-state index contributed by atoms with van der Waals surface area (Å²) in [6.45, 7) is 0.628. The molecule has 10 heteroatoms. The summed E-state index contributed by atoms with van der Waals surface area (Å²) in [6.07, 6.45) is 4.77. The Hall–Kier alpha value is -3.82. The van der Waals surface area contributed by atoms with Crippen LogP contribution >= 0.6 is 0 Å². The number of nitrogens with one attached hydrogen (secondary N) is 1. The number of aromatic nitrogens is 6. The Morgan fingerprint density at radius 2 is 2.00 bits per heavy atom. The van der Waals surface area contributed by atoms with Gasteiger partial charge < -0.3 is 15.6 Å². The molecule has 0 aliphatic rings. The van der Waals surface area contributed by atoms with Gasteiger partial charge in [0.05, 0.1) is 0 Å². The summed E-state index contributed by atoms with van der Waals surface area (Å²) >= 11 is 0. The highest BCUT2D eigenvalue weighted by Gasteiger charge is 2.09. The average molecular weight is 380 g/mol. The van der Waals surface area contributed by atoms with Gasteiger partial charge in [-0.05, 0) is 36.8 Å². The SMILES string of the molecule is Nc1nc(NCCCc2nc(-c3ccc(F)cc3)no2)cc(-n2cccn2)n1. The van der Waals surface area contributed by atoms with E-state index in [4.69, 9.17) is 10.3 Å². The first-order valence-electron chi connectivity index (χ1n) is 8.64. The van der Waals surface area contributed by atoms with Crippen molar-refractivity contribution in [2.24, 2.45) is 0 Å². The van der Waals surface area contributed by atoms with Gasteiger partial charge in [0.15, 0.2) is 5.82 Å². The molecule has 0 spiro atoms. The van der Waals surface area contributed by atoms with Crippen LogP contribution in [0.2, 0.25) is 0 Å². The van der Waals surface area contributed by atoms with Gasteiger partial charge in [-0.3, -0.25) is 0 Å². The van der Waals surface area contributed by atoms with Gasteiger partial charge in [-0.25, -0.2) is 9.07 Å². The Morgan fingerprint density at radius 3 is 2.79 bits per heavy atom. The van der Waals surface area contributed by atoms with Crippen LogP contribution in [-0.2, 0) is 6.42 Å². The van der Waals surface area contributed by atoms with Crippen molar-refractivity contribution < 1.29 is 8.91 Å². The van der Waals surface area contributed by atoms with E-state index in [9.17, 15) is 4.39 Å². The molecule has 28 heavy (non-hydrogen) atoms.